The highest BCUT2D eigenvalue weighted by molar-refractivity contribution is 5.85. The molecule has 3 rings (SSSR count). The number of fused-ring (bicyclic) bond motifs is 1. The van der Waals surface area contributed by atoms with Crippen molar-refractivity contribution in [3.63, 3.8) is 0 Å². The van der Waals surface area contributed by atoms with Gasteiger partial charge in [0.05, 0.1) is 17.1 Å². The molecule has 4 nitrogen and oxygen atoms in total. The van der Waals surface area contributed by atoms with Crippen LogP contribution in [0.1, 0.15) is 19.3 Å². The Labute approximate surface area is 114 Å². The molecule has 1 aromatic carbocycles. The monoisotopic (exact) mass is 259 g/mol. The number of aryl methyl sites for hydroxylation is 1. The smallest absolute Gasteiger partial charge is 0.130 e. The standard InChI is InChI=1S/C15H21N3O/c1-17-14-6-5-7-15(13(14)12-16-17)19-11-10-18-8-3-2-4-9-18/h5-7,12H,2-4,8-11H2,1H3. The number of hydrogen-bond donors (Lipinski definition) is 0. The molecule has 0 spiro atoms. The minimum atomic E-state index is 0.758. The lowest BCUT2D eigenvalue weighted by Gasteiger charge is -2.26. The summed E-state index contributed by atoms with van der Waals surface area (Å²) in [4.78, 5) is 2.49. The van der Waals surface area contributed by atoms with Crippen LogP contribution in [0.3, 0.4) is 0 Å². The van der Waals surface area contributed by atoms with Crippen LogP contribution in [0.2, 0.25) is 0 Å². The second kappa shape index (κ2) is 5.61. The second-order valence-corrected chi connectivity index (χ2v) is 5.21. The van der Waals surface area contributed by atoms with Crippen molar-refractivity contribution in [3.05, 3.63) is 24.4 Å². The number of piperidine rings is 1. The first kappa shape index (κ1) is 12.5. The molecule has 1 aliphatic rings. The Kier molecular flexibility index (Phi) is 3.69. The first-order valence-corrected chi connectivity index (χ1v) is 7.10. The average Bonchev–Trinajstić information content (AvgIpc) is 2.83. The highest BCUT2D eigenvalue weighted by Gasteiger charge is 2.10. The molecule has 0 unspecified atom stereocenters. The van der Waals surface area contributed by atoms with E-state index in [0.29, 0.717) is 0 Å². The number of rotatable bonds is 4. The maximum absolute atomic E-state index is 5.94. The SMILES string of the molecule is Cn1ncc2c(OCCN3CCCCC3)cccc21. The summed E-state index contributed by atoms with van der Waals surface area (Å²) in [5, 5.41) is 5.38. The third-order valence-corrected chi connectivity index (χ3v) is 3.87. The maximum atomic E-state index is 5.94. The number of hydrogen-bond acceptors (Lipinski definition) is 3. The van der Waals surface area contributed by atoms with Crippen LogP contribution in [-0.4, -0.2) is 40.9 Å². The van der Waals surface area contributed by atoms with Crippen LogP contribution in [0.5, 0.6) is 5.75 Å². The fraction of sp³-hybridized carbons (Fsp3) is 0.533. The fourth-order valence-corrected chi connectivity index (χ4v) is 2.74. The lowest BCUT2D eigenvalue weighted by Crippen LogP contribution is -2.33. The molecule has 102 valence electrons. The molecular formula is C15H21N3O. The number of nitrogens with zero attached hydrogens (tertiary/aromatic N) is 3. The number of likely N-dealkylation sites (tertiary alicyclic amines) is 1. The Morgan fingerprint density at radius 1 is 1.21 bits per heavy atom. The van der Waals surface area contributed by atoms with Gasteiger partial charge in [-0.2, -0.15) is 5.10 Å². The normalized spacial score (nSPS) is 16.9. The first-order valence-electron chi connectivity index (χ1n) is 7.10. The fourth-order valence-electron chi connectivity index (χ4n) is 2.74. The van der Waals surface area contributed by atoms with Crippen LogP contribution in [-0.2, 0) is 7.05 Å². The molecule has 1 saturated heterocycles. The van der Waals surface area contributed by atoms with Gasteiger partial charge in [-0.3, -0.25) is 9.58 Å². The van der Waals surface area contributed by atoms with E-state index in [-0.39, 0.29) is 0 Å². The van der Waals surface area contributed by atoms with Crippen LogP contribution in [0, 0.1) is 0 Å². The van der Waals surface area contributed by atoms with E-state index in [0.717, 1.165) is 29.8 Å². The molecule has 0 amide bonds. The lowest BCUT2D eigenvalue weighted by atomic mass is 10.1. The Balaban J connectivity index is 1.62. The van der Waals surface area contributed by atoms with Gasteiger partial charge in [0, 0.05) is 13.6 Å². The van der Waals surface area contributed by atoms with E-state index in [1.54, 1.807) is 0 Å². The van der Waals surface area contributed by atoms with E-state index in [1.807, 2.05) is 30.1 Å². The Morgan fingerprint density at radius 3 is 2.89 bits per heavy atom. The van der Waals surface area contributed by atoms with Crippen molar-refractivity contribution in [1.82, 2.24) is 14.7 Å². The quantitative estimate of drug-likeness (QED) is 0.845. The van der Waals surface area contributed by atoms with Gasteiger partial charge in [-0.15, -0.1) is 0 Å². The number of aromatic nitrogens is 2. The zero-order valence-corrected chi connectivity index (χ0v) is 11.5. The van der Waals surface area contributed by atoms with E-state index >= 15 is 0 Å². The van der Waals surface area contributed by atoms with Gasteiger partial charge in [-0.25, -0.2) is 0 Å². The zero-order chi connectivity index (χ0) is 13.1. The highest BCUT2D eigenvalue weighted by Crippen LogP contribution is 2.24. The van der Waals surface area contributed by atoms with Gasteiger partial charge in [0.1, 0.15) is 12.4 Å². The third-order valence-electron chi connectivity index (χ3n) is 3.87. The Morgan fingerprint density at radius 2 is 2.05 bits per heavy atom. The van der Waals surface area contributed by atoms with Crippen LogP contribution in [0.15, 0.2) is 24.4 Å². The van der Waals surface area contributed by atoms with Crippen molar-refractivity contribution >= 4 is 10.9 Å². The van der Waals surface area contributed by atoms with Crippen molar-refractivity contribution in [3.8, 4) is 5.75 Å². The van der Waals surface area contributed by atoms with Crippen molar-refractivity contribution in [2.45, 2.75) is 19.3 Å². The Hall–Kier alpha value is -1.55. The topological polar surface area (TPSA) is 30.3 Å². The van der Waals surface area contributed by atoms with E-state index in [4.69, 9.17) is 4.74 Å². The van der Waals surface area contributed by atoms with E-state index < -0.39 is 0 Å². The van der Waals surface area contributed by atoms with E-state index in [2.05, 4.69) is 16.1 Å². The summed E-state index contributed by atoms with van der Waals surface area (Å²) in [5.74, 6) is 0.947. The minimum Gasteiger partial charge on any atom is -0.491 e. The summed E-state index contributed by atoms with van der Waals surface area (Å²) in [6.07, 6.45) is 5.92. The molecule has 4 heteroatoms. The average molecular weight is 259 g/mol. The molecule has 0 aliphatic carbocycles. The summed E-state index contributed by atoms with van der Waals surface area (Å²) in [5.41, 5.74) is 1.12. The van der Waals surface area contributed by atoms with Gasteiger partial charge < -0.3 is 4.74 Å². The van der Waals surface area contributed by atoms with Crippen molar-refractivity contribution < 1.29 is 4.74 Å². The molecule has 0 radical (unpaired) electrons. The van der Waals surface area contributed by atoms with Crippen molar-refractivity contribution in [1.29, 1.82) is 0 Å². The predicted molar refractivity (Wildman–Crippen MR) is 76.5 cm³/mol. The van der Waals surface area contributed by atoms with Crippen LogP contribution < -0.4 is 4.74 Å². The summed E-state index contributed by atoms with van der Waals surface area (Å²) in [6, 6.07) is 6.13. The highest BCUT2D eigenvalue weighted by atomic mass is 16.5. The zero-order valence-electron chi connectivity index (χ0n) is 11.5. The molecular weight excluding hydrogens is 238 g/mol. The molecule has 1 aromatic heterocycles. The molecule has 1 aliphatic heterocycles. The molecule has 1 fully saturated rings. The molecule has 19 heavy (non-hydrogen) atoms. The molecule has 0 bridgehead atoms. The Bertz CT molecular complexity index is 543. The third kappa shape index (κ3) is 2.73. The molecule has 0 atom stereocenters. The summed E-state index contributed by atoms with van der Waals surface area (Å²) >= 11 is 0. The predicted octanol–water partition coefficient (Wildman–Crippen LogP) is 2.44. The molecule has 2 heterocycles. The maximum Gasteiger partial charge on any atom is 0.130 e. The molecule has 2 aromatic rings. The molecule has 0 saturated carbocycles. The van der Waals surface area contributed by atoms with E-state index in [9.17, 15) is 0 Å². The van der Waals surface area contributed by atoms with Crippen molar-refractivity contribution in [2.75, 3.05) is 26.2 Å². The largest absolute Gasteiger partial charge is 0.491 e. The number of benzene rings is 1. The summed E-state index contributed by atoms with van der Waals surface area (Å²) < 4.78 is 7.82. The lowest BCUT2D eigenvalue weighted by molar-refractivity contribution is 0.184. The minimum absolute atomic E-state index is 0.758. The number of ether oxygens (including phenoxy) is 1. The van der Waals surface area contributed by atoms with Gasteiger partial charge in [0.25, 0.3) is 0 Å². The summed E-state index contributed by atoms with van der Waals surface area (Å²) in [7, 11) is 1.96. The van der Waals surface area contributed by atoms with Gasteiger partial charge in [0.15, 0.2) is 0 Å². The second-order valence-electron chi connectivity index (χ2n) is 5.21. The molecule has 0 N–H and O–H groups in total. The van der Waals surface area contributed by atoms with Crippen LogP contribution in [0.4, 0.5) is 0 Å². The van der Waals surface area contributed by atoms with Gasteiger partial charge in [-0.1, -0.05) is 12.5 Å². The van der Waals surface area contributed by atoms with Gasteiger partial charge >= 0.3 is 0 Å². The van der Waals surface area contributed by atoms with E-state index in [1.165, 1.54) is 32.4 Å². The van der Waals surface area contributed by atoms with Crippen LogP contribution in [0.25, 0.3) is 10.9 Å². The van der Waals surface area contributed by atoms with Gasteiger partial charge in [0.2, 0.25) is 0 Å². The van der Waals surface area contributed by atoms with Crippen molar-refractivity contribution in [2.24, 2.45) is 7.05 Å². The first-order chi connectivity index (χ1) is 9.34. The van der Waals surface area contributed by atoms with Crippen LogP contribution >= 0.6 is 0 Å². The summed E-state index contributed by atoms with van der Waals surface area (Å²) in [6.45, 7) is 4.23. The van der Waals surface area contributed by atoms with Gasteiger partial charge in [-0.05, 0) is 38.1 Å².